The van der Waals surface area contributed by atoms with Crippen molar-refractivity contribution in [3.05, 3.63) is 53.1 Å². The van der Waals surface area contributed by atoms with E-state index in [0.29, 0.717) is 14.3 Å². The van der Waals surface area contributed by atoms with Gasteiger partial charge in [-0.25, -0.2) is 0 Å². The number of nitrogens with zero attached hydrogens (tertiary/aromatic N) is 1. The van der Waals surface area contributed by atoms with Gasteiger partial charge >= 0.3 is 35.6 Å². The number of rotatable bonds is 3. The maximum atomic E-state index is 10.1. The first-order valence-corrected chi connectivity index (χ1v) is 13.2. The third kappa shape index (κ3) is 8.24. The third-order valence-corrected chi connectivity index (χ3v) is 4.91. The van der Waals surface area contributed by atoms with Gasteiger partial charge < -0.3 is 5.11 Å². The first kappa shape index (κ1) is 22.7. The minimum absolute atomic E-state index is 0.0877. The molecule has 0 aromatic heterocycles. The molecule has 6 heteroatoms. The van der Waals surface area contributed by atoms with E-state index in [9.17, 15) is 5.11 Å². The second kappa shape index (κ2) is 10.7. The Hall–Kier alpha value is -0.366. The van der Waals surface area contributed by atoms with Gasteiger partial charge in [0.2, 0.25) is 0 Å². The number of hydrogen-bond donors (Lipinski definition) is 1. The van der Waals surface area contributed by atoms with Crippen molar-refractivity contribution >= 4 is 44.0 Å². The van der Waals surface area contributed by atoms with E-state index in [1.807, 2.05) is 19.2 Å². The Balaban J connectivity index is 0.000000970. The summed E-state index contributed by atoms with van der Waals surface area (Å²) in [4.78, 5) is 4.63. The number of benzene rings is 2. The molecule has 0 heterocycles. The predicted molar refractivity (Wildman–Crippen MR) is 111 cm³/mol. The third-order valence-electron chi connectivity index (χ3n) is 3.31. The fraction of sp³-hybridized carbons (Fsp3) is 0.316. The molecule has 0 radical (unpaired) electrons. The van der Waals surface area contributed by atoms with Gasteiger partial charge in [0.05, 0.1) is 5.54 Å². The van der Waals surface area contributed by atoms with Crippen LogP contribution in [-0.2, 0) is 17.0 Å². The van der Waals surface area contributed by atoms with Gasteiger partial charge in [-0.1, -0.05) is 38.4 Å². The SMILES string of the molecule is Cc1ccc(O)c(Pc2c(C)cccc2C=NC(C)(C)C)c1.[Cl][Ti][Cl]. The number of aryl methyl sites for hydroxylation is 2. The number of halogens is 2. The van der Waals surface area contributed by atoms with E-state index in [-0.39, 0.29) is 5.54 Å². The Labute approximate surface area is 169 Å². The van der Waals surface area contributed by atoms with Crippen molar-refractivity contribution in [2.75, 3.05) is 0 Å². The van der Waals surface area contributed by atoms with Gasteiger partial charge in [-0.2, -0.15) is 0 Å². The molecular formula is C19H24Cl2NOPTi. The quantitative estimate of drug-likeness (QED) is 0.402. The molecule has 2 aromatic carbocycles. The summed E-state index contributed by atoms with van der Waals surface area (Å²) in [5.41, 5.74) is 3.44. The summed E-state index contributed by atoms with van der Waals surface area (Å²) in [6.07, 6.45) is 1.96. The second-order valence-electron chi connectivity index (χ2n) is 6.69. The zero-order valence-electron chi connectivity index (χ0n) is 15.2. The number of hydrogen-bond acceptors (Lipinski definition) is 2. The van der Waals surface area contributed by atoms with E-state index in [1.54, 1.807) is 6.07 Å². The van der Waals surface area contributed by atoms with Crippen molar-refractivity contribution in [2.45, 2.75) is 40.2 Å². The van der Waals surface area contributed by atoms with Crippen molar-refractivity contribution in [3.8, 4) is 5.75 Å². The zero-order chi connectivity index (χ0) is 19.0. The number of aromatic hydroxyl groups is 1. The molecule has 0 aliphatic heterocycles. The van der Waals surface area contributed by atoms with E-state index in [1.165, 1.54) is 16.4 Å². The molecule has 2 rings (SSSR count). The topological polar surface area (TPSA) is 32.6 Å². The molecule has 0 spiro atoms. The standard InChI is InChI=1S/C19H24NOP.2ClH.Ti/c1-13-9-10-16(21)17(11-13)22-18-14(2)7-6-8-15(18)12-20-19(3,4)5;;;/h6-12,21-22H,1-5H3;2*1H;/q;;;+2/p-2. The summed E-state index contributed by atoms with van der Waals surface area (Å²) in [6, 6.07) is 12.0. The van der Waals surface area contributed by atoms with Gasteiger partial charge in [0, 0.05) is 17.1 Å². The Morgan fingerprint density at radius 2 is 1.76 bits per heavy atom. The summed E-state index contributed by atoms with van der Waals surface area (Å²) >= 11 is -0.556. The van der Waals surface area contributed by atoms with Crippen LogP contribution < -0.4 is 10.6 Å². The molecule has 134 valence electrons. The zero-order valence-corrected chi connectivity index (χ0v) is 19.3. The molecule has 0 aliphatic rings. The van der Waals surface area contributed by atoms with Crippen LogP contribution in [0.1, 0.15) is 37.5 Å². The monoisotopic (exact) mass is 431 g/mol. The normalized spacial score (nSPS) is 11.6. The second-order valence-corrected chi connectivity index (χ2v) is 10.6. The van der Waals surface area contributed by atoms with E-state index in [2.05, 4.69) is 57.0 Å². The molecule has 0 saturated carbocycles. The molecule has 2 nitrogen and oxygen atoms in total. The van der Waals surface area contributed by atoms with Crippen molar-refractivity contribution in [1.82, 2.24) is 0 Å². The van der Waals surface area contributed by atoms with Crippen LogP contribution in [-0.4, -0.2) is 16.9 Å². The average Bonchev–Trinajstić information content (AvgIpc) is 2.51. The Kier molecular flexibility index (Phi) is 9.71. The van der Waals surface area contributed by atoms with Gasteiger partial charge in [0.25, 0.3) is 0 Å². The van der Waals surface area contributed by atoms with Gasteiger partial charge in [0.1, 0.15) is 5.75 Å². The fourth-order valence-corrected chi connectivity index (χ4v) is 3.47. The van der Waals surface area contributed by atoms with Crippen LogP contribution in [0.3, 0.4) is 0 Å². The van der Waals surface area contributed by atoms with E-state index >= 15 is 0 Å². The molecule has 1 atom stereocenters. The van der Waals surface area contributed by atoms with E-state index in [0.717, 1.165) is 10.9 Å². The van der Waals surface area contributed by atoms with Crippen LogP contribution in [0.15, 0.2) is 41.4 Å². The number of phenols is 1. The van der Waals surface area contributed by atoms with Crippen molar-refractivity contribution in [1.29, 1.82) is 0 Å². The van der Waals surface area contributed by atoms with Gasteiger partial charge in [-0.3, -0.25) is 4.99 Å². The molecule has 25 heavy (non-hydrogen) atoms. The molecule has 2 aromatic rings. The Bertz CT molecular complexity index is 730. The predicted octanol–water partition coefficient (Wildman–Crippen LogP) is 5.23. The van der Waals surface area contributed by atoms with Crippen LogP contribution >= 0.6 is 27.2 Å². The van der Waals surface area contributed by atoms with Crippen molar-refractivity contribution < 1.29 is 22.1 Å². The first-order chi connectivity index (χ1) is 11.7. The molecule has 1 N–H and O–H groups in total. The minimum atomic E-state index is -0.556. The van der Waals surface area contributed by atoms with Crippen LogP contribution in [0.5, 0.6) is 5.75 Å². The van der Waals surface area contributed by atoms with Gasteiger partial charge in [0.15, 0.2) is 0 Å². The average molecular weight is 432 g/mol. The summed E-state index contributed by atoms with van der Waals surface area (Å²) in [5, 5.41) is 12.3. The molecule has 0 aliphatic carbocycles. The summed E-state index contributed by atoms with van der Waals surface area (Å²) < 4.78 is 0. The molecule has 0 saturated heterocycles. The molecule has 0 fully saturated rings. The van der Waals surface area contributed by atoms with Crippen LogP contribution in [0, 0.1) is 13.8 Å². The number of aliphatic imine (C=N–C) groups is 1. The Morgan fingerprint density at radius 1 is 1.12 bits per heavy atom. The Morgan fingerprint density at radius 3 is 2.36 bits per heavy atom. The molecule has 0 amide bonds. The summed E-state index contributed by atoms with van der Waals surface area (Å²) in [5.74, 6) is 0.367. The van der Waals surface area contributed by atoms with Crippen LogP contribution in [0.4, 0.5) is 0 Å². The summed E-state index contributed by atoms with van der Waals surface area (Å²) in [7, 11) is 10.2. The molecule has 1 unspecified atom stereocenters. The van der Waals surface area contributed by atoms with E-state index in [4.69, 9.17) is 18.6 Å². The van der Waals surface area contributed by atoms with Crippen molar-refractivity contribution in [3.63, 3.8) is 0 Å². The molecular weight excluding hydrogens is 408 g/mol. The maximum absolute atomic E-state index is 10.1. The first-order valence-electron chi connectivity index (χ1n) is 7.85. The van der Waals surface area contributed by atoms with Gasteiger partial charge in [-0.05, 0) is 57.6 Å². The van der Waals surface area contributed by atoms with Crippen LogP contribution in [0.25, 0.3) is 0 Å². The van der Waals surface area contributed by atoms with Crippen molar-refractivity contribution in [2.24, 2.45) is 4.99 Å². The number of phenolic OH excluding ortho intramolecular Hbond substituents is 1. The molecule has 0 bridgehead atoms. The van der Waals surface area contributed by atoms with Crippen LogP contribution in [0.2, 0.25) is 0 Å². The fourth-order valence-electron chi connectivity index (χ4n) is 2.12. The van der Waals surface area contributed by atoms with Gasteiger partial charge in [-0.15, -0.1) is 0 Å². The van der Waals surface area contributed by atoms with E-state index < -0.39 is 17.0 Å². The summed E-state index contributed by atoms with van der Waals surface area (Å²) in [6.45, 7) is 10.4.